The largest absolute Gasteiger partial charge is 0.395 e. The van der Waals surface area contributed by atoms with Gasteiger partial charge in [-0.2, -0.15) is 0 Å². The van der Waals surface area contributed by atoms with Crippen molar-refractivity contribution in [3.63, 3.8) is 0 Å². The van der Waals surface area contributed by atoms with Crippen LogP contribution in [-0.2, 0) is 0 Å². The van der Waals surface area contributed by atoms with Crippen LogP contribution >= 0.6 is 0 Å². The van der Waals surface area contributed by atoms with Crippen molar-refractivity contribution in [1.82, 2.24) is 0 Å². The zero-order valence-corrected chi connectivity index (χ0v) is 6.43. The summed E-state index contributed by atoms with van der Waals surface area (Å²) in [6.07, 6.45) is 6.09. The molecule has 0 aromatic rings. The normalized spacial score (nSPS) is 44.2. The van der Waals surface area contributed by atoms with Gasteiger partial charge < -0.3 is 5.11 Å². The number of fused-ring (bicyclic) bond motifs is 2. The van der Waals surface area contributed by atoms with Gasteiger partial charge in [-0.3, -0.25) is 0 Å². The average Bonchev–Trinajstić information content (AvgIpc) is 2.44. The molecular formula is C9H14O. The molecule has 2 unspecified atom stereocenters. The lowest BCUT2D eigenvalue weighted by Crippen LogP contribution is -2.20. The van der Waals surface area contributed by atoms with Crippen LogP contribution in [0.15, 0.2) is 11.6 Å². The fourth-order valence-corrected chi connectivity index (χ4v) is 2.47. The van der Waals surface area contributed by atoms with Crippen LogP contribution in [0.5, 0.6) is 0 Å². The van der Waals surface area contributed by atoms with Gasteiger partial charge in [0, 0.05) is 5.41 Å². The summed E-state index contributed by atoms with van der Waals surface area (Å²) >= 11 is 0. The zero-order chi connectivity index (χ0) is 7.19. The van der Waals surface area contributed by atoms with Crippen molar-refractivity contribution in [2.45, 2.75) is 26.2 Å². The third-order valence-electron chi connectivity index (χ3n) is 3.27. The lowest BCUT2D eigenvalue weighted by atomic mass is 9.82. The van der Waals surface area contributed by atoms with Gasteiger partial charge in [0.25, 0.3) is 0 Å². The van der Waals surface area contributed by atoms with Crippen LogP contribution < -0.4 is 0 Å². The maximum absolute atomic E-state index is 9.17. The SMILES string of the molecule is CC1=CC2CCC1(CO)C2. The third-order valence-corrected chi connectivity index (χ3v) is 3.27. The molecule has 1 N–H and O–H groups in total. The molecule has 0 saturated heterocycles. The van der Waals surface area contributed by atoms with Crippen LogP contribution in [0.2, 0.25) is 0 Å². The topological polar surface area (TPSA) is 20.2 Å². The molecule has 0 radical (unpaired) electrons. The summed E-state index contributed by atoms with van der Waals surface area (Å²) in [7, 11) is 0. The third kappa shape index (κ3) is 0.615. The maximum Gasteiger partial charge on any atom is 0.0524 e. The monoisotopic (exact) mass is 138 g/mol. The lowest BCUT2D eigenvalue weighted by molar-refractivity contribution is 0.167. The van der Waals surface area contributed by atoms with Gasteiger partial charge in [-0.05, 0) is 32.1 Å². The number of aliphatic hydroxyl groups excluding tert-OH is 1. The van der Waals surface area contributed by atoms with Crippen molar-refractivity contribution in [3.05, 3.63) is 11.6 Å². The smallest absolute Gasteiger partial charge is 0.0524 e. The minimum absolute atomic E-state index is 0.227. The van der Waals surface area contributed by atoms with Crippen molar-refractivity contribution in [3.8, 4) is 0 Å². The summed E-state index contributed by atoms with van der Waals surface area (Å²) in [6, 6.07) is 0. The standard InChI is InChI=1S/C9H14O/c1-7-4-8-2-3-9(7,5-8)6-10/h4,8,10H,2-3,5-6H2,1H3. The van der Waals surface area contributed by atoms with E-state index in [-0.39, 0.29) is 5.41 Å². The molecule has 0 aromatic carbocycles. The van der Waals surface area contributed by atoms with E-state index in [0.717, 1.165) is 5.92 Å². The van der Waals surface area contributed by atoms with E-state index in [1.54, 1.807) is 0 Å². The van der Waals surface area contributed by atoms with E-state index in [9.17, 15) is 5.11 Å². The molecule has 1 heteroatoms. The second-order valence-corrected chi connectivity index (χ2v) is 3.79. The first-order valence-electron chi connectivity index (χ1n) is 4.07. The summed E-state index contributed by atoms with van der Waals surface area (Å²) in [5, 5.41) is 9.17. The Labute approximate surface area is 61.8 Å². The Morgan fingerprint density at radius 3 is 2.90 bits per heavy atom. The number of rotatable bonds is 1. The van der Waals surface area contributed by atoms with Gasteiger partial charge in [-0.1, -0.05) is 11.6 Å². The summed E-state index contributed by atoms with van der Waals surface area (Å²) < 4.78 is 0. The molecule has 10 heavy (non-hydrogen) atoms. The first kappa shape index (κ1) is 6.41. The molecule has 0 amide bonds. The van der Waals surface area contributed by atoms with E-state index >= 15 is 0 Å². The lowest BCUT2D eigenvalue weighted by Gasteiger charge is -2.25. The molecule has 0 spiro atoms. The van der Waals surface area contributed by atoms with Crippen LogP contribution in [0, 0.1) is 11.3 Å². The highest BCUT2D eigenvalue weighted by atomic mass is 16.3. The minimum atomic E-state index is 0.227. The van der Waals surface area contributed by atoms with Crippen molar-refractivity contribution >= 4 is 0 Å². The Bertz CT molecular complexity index is 183. The predicted octanol–water partition coefficient (Wildman–Crippen LogP) is 1.73. The fourth-order valence-electron chi connectivity index (χ4n) is 2.47. The Kier molecular flexibility index (Phi) is 1.19. The van der Waals surface area contributed by atoms with Crippen LogP contribution in [0.3, 0.4) is 0 Å². The van der Waals surface area contributed by atoms with Crippen molar-refractivity contribution < 1.29 is 5.11 Å². The molecule has 1 fully saturated rings. The summed E-state index contributed by atoms with van der Waals surface area (Å²) in [6.45, 7) is 2.53. The van der Waals surface area contributed by atoms with Gasteiger partial charge in [-0.25, -0.2) is 0 Å². The highest BCUT2D eigenvalue weighted by molar-refractivity contribution is 5.24. The van der Waals surface area contributed by atoms with Crippen LogP contribution in [-0.4, -0.2) is 11.7 Å². The molecule has 56 valence electrons. The van der Waals surface area contributed by atoms with Crippen LogP contribution in [0.1, 0.15) is 26.2 Å². The van der Waals surface area contributed by atoms with Crippen molar-refractivity contribution in [1.29, 1.82) is 0 Å². The summed E-state index contributed by atoms with van der Waals surface area (Å²) in [5.74, 6) is 0.798. The molecule has 2 aliphatic rings. The first-order valence-corrected chi connectivity index (χ1v) is 4.07. The predicted molar refractivity (Wildman–Crippen MR) is 40.6 cm³/mol. The zero-order valence-electron chi connectivity index (χ0n) is 6.43. The molecule has 2 bridgehead atoms. The van der Waals surface area contributed by atoms with Crippen molar-refractivity contribution in [2.75, 3.05) is 6.61 Å². The molecule has 0 aliphatic heterocycles. The Hall–Kier alpha value is -0.300. The van der Waals surface area contributed by atoms with Gasteiger partial charge in [0.1, 0.15) is 0 Å². The van der Waals surface area contributed by atoms with E-state index in [4.69, 9.17) is 0 Å². The van der Waals surface area contributed by atoms with Crippen LogP contribution in [0.4, 0.5) is 0 Å². The molecule has 1 nitrogen and oxygen atoms in total. The molecule has 0 heterocycles. The Morgan fingerprint density at radius 2 is 2.60 bits per heavy atom. The van der Waals surface area contributed by atoms with E-state index in [2.05, 4.69) is 13.0 Å². The Balaban J connectivity index is 2.31. The molecule has 1 saturated carbocycles. The molecule has 2 rings (SSSR count). The van der Waals surface area contributed by atoms with E-state index in [1.165, 1.54) is 24.8 Å². The van der Waals surface area contributed by atoms with Crippen molar-refractivity contribution in [2.24, 2.45) is 11.3 Å². The van der Waals surface area contributed by atoms with Crippen LogP contribution in [0.25, 0.3) is 0 Å². The van der Waals surface area contributed by atoms with E-state index in [0.29, 0.717) is 6.61 Å². The van der Waals surface area contributed by atoms with E-state index < -0.39 is 0 Å². The maximum atomic E-state index is 9.17. The van der Waals surface area contributed by atoms with Gasteiger partial charge >= 0.3 is 0 Å². The number of allylic oxidation sites excluding steroid dienone is 1. The van der Waals surface area contributed by atoms with E-state index in [1.807, 2.05) is 0 Å². The highest BCUT2D eigenvalue weighted by Crippen LogP contribution is 2.53. The number of hydrogen-bond acceptors (Lipinski definition) is 1. The van der Waals surface area contributed by atoms with Gasteiger partial charge in [0.05, 0.1) is 6.61 Å². The average molecular weight is 138 g/mol. The minimum Gasteiger partial charge on any atom is -0.395 e. The molecular weight excluding hydrogens is 124 g/mol. The second kappa shape index (κ2) is 1.85. The Morgan fingerprint density at radius 1 is 1.80 bits per heavy atom. The molecule has 2 aliphatic carbocycles. The number of hydrogen-bond donors (Lipinski definition) is 1. The van der Waals surface area contributed by atoms with Gasteiger partial charge in [0.15, 0.2) is 0 Å². The summed E-state index contributed by atoms with van der Waals surface area (Å²) in [5.41, 5.74) is 1.66. The second-order valence-electron chi connectivity index (χ2n) is 3.79. The highest BCUT2D eigenvalue weighted by Gasteiger charge is 2.43. The summed E-state index contributed by atoms with van der Waals surface area (Å²) in [4.78, 5) is 0. The van der Waals surface area contributed by atoms with Gasteiger partial charge in [-0.15, -0.1) is 0 Å². The molecule has 2 atom stereocenters. The molecule has 0 aromatic heterocycles. The number of aliphatic hydroxyl groups is 1. The quantitative estimate of drug-likeness (QED) is 0.547. The first-order chi connectivity index (χ1) is 4.77. The van der Waals surface area contributed by atoms with Gasteiger partial charge in [0.2, 0.25) is 0 Å². The fraction of sp³-hybridized carbons (Fsp3) is 0.778.